The third kappa shape index (κ3) is 3.49. The average Bonchev–Trinajstić information content (AvgIpc) is 2.99. The molecule has 0 spiro atoms. The van der Waals surface area contributed by atoms with Crippen molar-refractivity contribution in [2.45, 2.75) is 33.0 Å². The number of ether oxygens (including phenoxy) is 1. The van der Waals surface area contributed by atoms with Crippen LogP contribution >= 0.6 is 0 Å². The van der Waals surface area contributed by atoms with Gasteiger partial charge in [0.05, 0.1) is 6.61 Å². The van der Waals surface area contributed by atoms with Gasteiger partial charge in [-0.25, -0.2) is 4.98 Å². The van der Waals surface area contributed by atoms with Crippen molar-refractivity contribution in [2.75, 3.05) is 11.9 Å². The predicted molar refractivity (Wildman–Crippen MR) is 82.1 cm³/mol. The minimum atomic E-state index is 0.599. The Bertz CT molecular complexity index is 615. The second-order valence-corrected chi connectivity index (χ2v) is 5.13. The molecule has 2 N–H and O–H groups in total. The van der Waals surface area contributed by atoms with E-state index in [0.29, 0.717) is 25.0 Å². The zero-order chi connectivity index (χ0) is 14.5. The van der Waals surface area contributed by atoms with Crippen LogP contribution in [0.15, 0.2) is 30.5 Å². The van der Waals surface area contributed by atoms with E-state index in [1.807, 2.05) is 0 Å². The number of fused-ring (bicyclic) bond motifs is 1. The van der Waals surface area contributed by atoms with Crippen molar-refractivity contribution in [2.24, 2.45) is 0 Å². The number of benzene rings is 1. The lowest BCUT2D eigenvalue weighted by Crippen LogP contribution is -2.05. The molecule has 0 unspecified atom stereocenters. The molecule has 1 aliphatic rings. The summed E-state index contributed by atoms with van der Waals surface area (Å²) >= 11 is 0. The van der Waals surface area contributed by atoms with Crippen molar-refractivity contribution >= 4 is 5.95 Å². The maximum absolute atomic E-state index is 5.51. The molecule has 1 aromatic carbocycles. The Balaban J connectivity index is 1.62. The van der Waals surface area contributed by atoms with Crippen LogP contribution in [0.25, 0.3) is 0 Å². The number of nitrogens with one attached hydrogen (secondary N) is 2. The minimum absolute atomic E-state index is 0.599. The molecule has 2 heterocycles. The summed E-state index contributed by atoms with van der Waals surface area (Å²) in [6, 6.07) is 8.35. The zero-order valence-corrected chi connectivity index (χ0v) is 12.2. The Morgan fingerprint density at radius 1 is 1.24 bits per heavy atom. The summed E-state index contributed by atoms with van der Waals surface area (Å²) in [5.74, 6) is 1.22. The van der Waals surface area contributed by atoms with Crippen LogP contribution in [0.4, 0.5) is 5.95 Å². The van der Waals surface area contributed by atoms with Crippen molar-refractivity contribution in [3.63, 3.8) is 0 Å². The molecule has 2 aromatic rings. The predicted octanol–water partition coefficient (Wildman–Crippen LogP) is 2.48. The smallest absolute Gasteiger partial charge is 0.226 e. The molecular formula is C16H20N4O. The molecule has 1 aliphatic heterocycles. The van der Waals surface area contributed by atoms with Gasteiger partial charge in [0, 0.05) is 31.9 Å². The lowest BCUT2D eigenvalue weighted by atomic mass is 10.1. The van der Waals surface area contributed by atoms with E-state index in [-0.39, 0.29) is 0 Å². The Morgan fingerprint density at radius 3 is 3.05 bits per heavy atom. The Hall–Kier alpha value is -2.14. The summed E-state index contributed by atoms with van der Waals surface area (Å²) in [6.45, 7) is 5.39. The van der Waals surface area contributed by atoms with E-state index in [0.717, 1.165) is 19.5 Å². The van der Waals surface area contributed by atoms with E-state index >= 15 is 0 Å². The van der Waals surface area contributed by atoms with E-state index in [1.165, 1.54) is 16.7 Å². The van der Waals surface area contributed by atoms with Gasteiger partial charge < -0.3 is 15.4 Å². The number of nitrogens with zero attached hydrogens (tertiary/aromatic N) is 2. The highest BCUT2D eigenvalue weighted by Gasteiger charge is 2.10. The van der Waals surface area contributed by atoms with E-state index in [2.05, 4.69) is 45.7 Å². The second-order valence-electron chi connectivity index (χ2n) is 5.13. The standard InChI is InChI=1S/C16H20N4O/c1-2-7-21-15-5-6-18-16(20-15)19-9-12-3-4-13-10-17-11-14(13)8-12/h3-6,8,17H,2,7,9-11H2,1H3,(H,18,19,20). The molecule has 0 bridgehead atoms. The van der Waals surface area contributed by atoms with Crippen LogP contribution in [0.5, 0.6) is 5.88 Å². The summed E-state index contributed by atoms with van der Waals surface area (Å²) in [6.07, 6.45) is 2.68. The van der Waals surface area contributed by atoms with Gasteiger partial charge in [0.1, 0.15) is 0 Å². The maximum Gasteiger partial charge on any atom is 0.226 e. The van der Waals surface area contributed by atoms with Crippen molar-refractivity contribution in [1.82, 2.24) is 15.3 Å². The molecule has 0 amide bonds. The van der Waals surface area contributed by atoms with Gasteiger partial charge in [-0.1, -0.05) is 25.1 Å². The van der Waals surface area contributed by atoms with Crippen LogP contribution in [0, 0.1) is 0 Å². The molecule has 0 saturated carbocycles. The fraction of sp³-hybridized carbons (Fsp3) is 0.375. The van der Waals surface area contributed by atoms with Crippen molar-refractivity contribution < 1.29 is 4.74 Å². The molecule has 0 saturated heterocycles. The third-order valence-corrected chi connectivity index (χ3v) is 3.44. The van der Waals surface area contributed by atoms with Gasteiger partial charge in [0.2, 0.25) is 11.8 Å². The molecule has 5 heteroatoms. The van der Waals surface area contributed by atoms with Crippen LogP contribution in [-0.4, -0.2) is 16.6 Å². The van der Waals surface area contributed by atoms with Gasteiger partial charge in [-0.15, -0.1) is 0 Å². The van der Waals surface area contributed by atoms with E-state index < -0.39 is 0 Å². The van der Waals surface area contributed by atoms with Gasteiger partial charge >= 0.3 is 0 Å². The van der Waals surface area contributed by atoms with Crippen molar-refractivity contribution in [1.29, 1.82) is 0 Å². The fourth-order valence-corrected chi connectivity index (χ4v) is 2.35. The first-order valence-electron chi connectivity index (χ1n) is 7.36. The molecule has 0 fully saturated rings. The van der Waals surface area contributed by atoms with Crippen molar-refractivity contribution in [3.8, 4) is 5.88 Å². The lowest BCUT2D eigenvalue weighted by molar-refractivity contribution is 0.305. The van der Waals surface area contributed by atoms with Crippen LogP contribution in [0.3, 0.4) is 0 Å². The van der Waals surface area contributed by atoms with Crippen LogP contribution in [-0.2, 0) is 19.6 Å². The van der Waals surface area contributed by atoms with E-state index in [4.69, 9.17) is 4.74 Å². The number of hydrogen-bond donors (Lipinski definition) is 2. The Morgan fingerprint density at radius 2 is 2.14 bits per heavy atom. The number of aromatic nitrogens is 2. The Kier molecular flexibility index (Phi) is 4.31. The van der Waals surface area contributed by atoms with E-state index in [9.17, 15) is 0 Å². The third-order valence-electron chi connectivity index (χ3n) is 3.44. The zero-order valence-electron chi connectivity index (χ0n) is 12.2. The molecule has 1 aromatic heterocycles. The normalized spacial score (nSPS) is 13.0. The second kappa shape index (κ2) is 6.54. The molecule has 21 heavy (non-hydrogen) atoms. The number of rotatable bonds is 6. The highest BCUT2D eigenvalue weighted by atomic mass is 16.5. The summed E-state index contributed by atoms with van der Waals surface area (Å²) < 4.78 is 5.51. The van der Waals surface area contributed by atoms with Crippen molar-refractivity contribution in [3.05, 3.63) is 47.2 Å². The topological polar surface area (TPSA) is 59.1 Å². The molecule has 110 valence electrons. The van der Waals surface area contributed by atoms with Gasteiger partial charge in [0.25, 0.3) is 0 Å². The monoisotopic (exact) mass is 284 g/mol. The van der Waals surface area contributed by atoms with Crippen LogP contribution in [0.2, 0.25) is 0 Å². The van der Waals surface area contributed by atoms with Crippen LogP contribution in [0.1, 0.15) is 30.0 Å². The lowest BCUT2D eigenvalue weighted by Gasteiger charge is -2.08. The molecule has 0 aliphatic carbocycles. The SMILES string of the molecule is CCCOc1ccnc(NCc2ccc3c(c2)CNC3)n1. The average molecular weight is 284 g/mol. The highest BCUT2D eigenvalue weighted by molar-refractivity contribution is 5.36. The number of anilines is 1. The molecule has 5 nitrogen and oxygen atoms in total. The molecule has 0 radical (unpaired) electrons. The minimum Gasteiger partial charge on any atom is -0.478 e. The molecule has 0 atom stereocenters. The molecule has 3 rings (SSSR count). The first-order chi connectivity index (χ1) is 10.3. The van der Waals surface area contributed by atoms with E-state index in [1.54, 1.807) is 12.3 Å². The number of hydrogen-bond acceptors (Lipinski definition) is 5. The highest BCUT2D eigenvalue weighted by Crippen LogP contribution is 2.17. The van der Waals surface area contributed by atoms with Gasteiger partial charge in [-0.3, -0.25) is 0 Å². The van der Waals surface area contributed by atoms with Crippen LogP contribution < -0.4 is 15.4 Å². The quantitative estimate of drug-likeness (QED) is 0.853. The molecular weight excluding hydrogens is 264 g/mol. The van der Waals surface area contributed by atoms with Gasteiger partial charge in [-0.05, 0) is 23.1 Å². The largest absolute Gasteiger partial charge is 0.478 e. The van der Waals surface area contributed by atoms with Gasteiger partial charge in [0.15, 0.2) is 0 Å². The summed E-state index contributed by atoms with van der Waals surface area (Å²) in [5.41, 5.74) is 4.01. The Labute approximate surface area is 124 Å². The summed E-state index contributed by atoms with van der Waals surface area (Å²) in [7, 11) is 0. The maximum atomic E-state index is 5.51. The summed E-state index contributed by atoms with van der Waals surface area (Å²) in [5, 5.41) is 6.60. The first kappa shape index (κ1) is 13.8. The first-order valence-corrected chi connectivity index (χ1v) is 7.36. The summed E-state index contributed by atoms with van der Waals surface area (Å²) in [4.78, 5) is 8.56. The van der Waals surface area contributed by atoms with Gasteiger partial charge in [-0.2, -0.15) is 4.98 Å². The fourth-order valence-electron chi connectivity index (χ4n) is 2.35.